The van der Waals surface area contributed by atoms with Crippen molar-refractivity contribution in [3.8, 4) is 5.75 Å². The van der Waals surface area contributed by atoms with Gasteiger partial charge in [0.1, 0.15) is 37.6 Å². The van der Waals surface area contributed by atoms with Gasteiger partial charge in [-0.1, -0.05) is 188 Å². The number of rotatable bonds is 50. The van der Waals surface area contributed by atoms with Crippen LogP contribution < -0.4 is 10.1 Å². The third kappa shape index (κ3) is 40.8. The number of nitrogens with zero attached hydrogens (tertiary/aromatic N) is 1. The van der Waals surface area contributed by atoms with E-state index in [-0.39, 0.29) is 57.4 Å². The molecular weight excluding hydrogens is 973 g/mol. The number of likely N-dealkylation sites (N-methyl/N-ethyl adjacent to an activating group) is 1. The van der Waals surface area contributed by atoms with Gasteiger partial charge in [-0.25, -0.2) is 4.79 Å². The van der Waals surface area contributed by atoms with E-state index in [2.05, 4.69) is 62.2 Å². The first-order valence-corrected chi connectivity index (χ1v) is 31.5. The lowest BCUT2D eigenvalue weighted by Crippen LogP contribution is -2.41. The summed E-state index contributed by atoms with van der Waals surface area (Å²) in [6.07, 6.45) is 39.6. The maximum absolute atomic E-state index is 13.8. The Hall–Kier alpha value is -3.49. The molecule has 12 nitrogen and oxygen atoms in total. The van der Waals surface area contributed by atoms with Gasteiger partial charge in [-0.2, -0.15) is 0 Å². The molecule has 1 aromatic rings. The lowest BCUT2D eigenvalue weighted by molar-refractivity contribution is -0.164. The molecule has 0 fully saturated rings. The second-order valence-electron chi connectivity index (χ2n) is 19.7. The number of carbonyl (C=O) groups excluding carboxylic acids is 5. The lowest BCUT2D eigenvalue weighted by Gasteiger charge is -2.26. The first-order chi connectivity index (χ1) is 36.1. The average molecular weight is 1080 g/mol. The molecule has 14 heteroatoms. The molecule has 424 valence electrons. The van der Waals surface area contributed by atoms with Crippen LogP contribution in [0.2, 0.25) is 0 Å². The molecule has 0 heterocycles. The summed E-state index contributed by atoms with van der Waals surface area (Å²) in [5.41, 5.74) is -0.761. The van der Waals surface area contributed by atoms with E-state index in [1.165, 1.54) is 101 Å². The molecule has 1 aromatic carbocycles. The van der Waals surface area contributed by atoms with Crippen LogP contribution in [0.3, 0.4) is 0 Å². The monoisotopic (exact) mass is 1070 g/mol. The minimum Gasteiger partial charge on any atom is -0.465 e. The quantitative estimate of drug-likeness (QED) is 0.0165. The summed E-state index contributed by atoms with van der Waals surface area (Å²) in [4.78, 5) is 66.2. The first-order valence-electron chi connectivity index (χ1n) is 29.0. The molecule has 0 atom stereocenters. The maximum atomic E-state index is 13.8. The van der Waals surface area contributed by atoms with Gasteiger partial charge in [0.15, 0.2) is 0 Å². The van der Waals surface area contributed by atoms with Gasteiger partial charge in [0.05, 0.1) is 6.42 Å². The number of esters is 4. The fourth-order valence-electron chi connectivity index (χ4n) is 7.97. The van der Waals surface area contributed by atoms with Gasteiger partial charge >= 0.3 is 30.0 Å². The van der Waals surface area contributed by atoms with Gasteiger partial charge < -0.3 is 33.9 Å². The summed E-state index contributed by atoms with van der Waals surface area (Å²) < 4.78 is 27.7. The first kappa shape index (κ1) is 68.5. The Morgan fingerprint density at radius 3 is 1.39 bits per heavy atom. The molecule has 74 heavy (non-hydrogen) atoms. The number of benzene rings is 1. The van der Waals surface area contributed by atoms with Crippen LogP contribution >= 0.6 is 21.6 Å². The number of amides is 1. The summed E-state index contributed by atoms with van der Waals surface area (Å²) in [7, 11) is 3.08. The fourth-order valence-corrected chi connectivity index (χ4v) is 9.62. The molecule has 1 rings (SSSR count). The van der Waals surface area contributed by atoms with Crippen LogP contribution in [-0.2, 0) is 44.5 Å². The third-order valence-corrected chi connectivity index (χ3v) is 15.2. The molecule has 0 aliphatic rings. The summed E-state index contributed by atoms with van der Waals surface area (Å²) in [6.45, 7) is 13.4. The number of allylic oxidation sites excluding steroid dienone is 4. The Morgan fingerprint density at radius 1 is 0.527 bits per heavy atom. The van der Waals surface area contributed by atoms with Crippen molar-refractivity contribution in [2.24, 2.45) is 5.41 Å². The molecule has 1 N–H and O–H groups in total. The zero-order chi connectivity index (χ0) is 54.0. The summed E-state index contributed by atoms with van der Waals surface area (Å²) >= 11 is 0. The normalized spacial score (nSPS) is 11.6. The molecule has 0 unspecified atom stereocenters. The number of hydrogen-bond donors (Lipinski definition) is 1. The Bertz CT molecular complexity index is 1560. The van der Waals surface area contributed by atoms with Crippen LogP contribution in [0.25, 0.3) is 0 Å². The molecule has 0 saturated carbocycles. The average Bonchev–Trinajstić information content (AvgIpc) is 3.39. The third-order valence-electron chi connectivity index (χ3n) is 12.9. The van der Waals surface area contributed by atoms with Gasteiger partial charge in [-0.3, -0.25) is 19.2 Å². The van der Waals surface area contributed by atoms with E-state index >= 15 is 0 Å². The fraction of sp³-hybridized carbons (Fsp3) is 0.750. The second kappa shape index (κ2) is 49.1. The molecular formula is C60H102N2O10S2. The van der Waals surface area contributed by atoms with Gasteiger partial charge in [0.2, 0.25) is 0 Å². The van der Waals surface area contributed by atoms with Crippen molar-refractivity contribution in [1.82, 2.24) is 10.2 Å². The number of hydrogen-bond acceptors (Lipinski definition) is 13. The zero-order valence-corrected chi connectivity index (χ0v) is 48.7. The van der Waals surface area contributed by atoms with Gasteiger partial charge in [-0.05, 0) is 102 Å². The zero-order valence-electron chi connectivity index (χ0n) is 47.0. The Balaban J connectivity index is 2.55. The SMILES string of the molecule is CCCCCCCC/C=C\CCCCCCCC(=O)OCC(C)(COC(=O)CCCCCCC/C=C\CCCCCCCC)C(=O)Oc1ccc(CC(=O)OCCSSCCOC(=O)NCCN(CC)CC)cc1. The van der Waals surface area contributed by atoms with Gasteiger partial charge in [-0.15, -0.1) is 0 Å². The van der Waals surface area contributed by atoms with Crippen LogP contribution in [0.4, 0.5) is 4.79 Å². The van der Waals surface area contributed by atoms with Crippen LogP contribution in [-0.4, -0.2) is 99.0 Å². The Morgan fingerprint density at radius 2 is 0.946 bits per heavy atom. The number of carbonyl (C=O) groups is 5. The standard InChI is InChI=1S/C60H102N2O10S2/c1-6-10-12-14-16-18-20-22-24-26-28-30-32-34-36-38-55(63)70-51-60(5,52-71-56(64)39-37-35-33-31-29-27-25-23-21-19-17-15-13-11-7-2)58(66)72-54-42-40-53(41-43-54)50-57(65)68-46-48-73-74-49-47-69-59(67)61-44-45-62(8-3)9-4/h22-25,40-43H,6-21,26-39,44-52H2,1-5H3,(H,61,67)/b24-22-,25-23-. The lowest BCUT2D eigenvalue weighted by atomic mass is 9.93. The number of unbranched alkanes of at least 4 members (excludes halogenated alkanes) is 22. The van der Waals surface area contributed by atoms with E-state index < -0.39 is 29.4 Å². The van der Waals surface area contributed by atoms with Gasteiger partial charge in [0, 0.05) is 37.4 Å². The highest BCUT2D eigenvalue weighted by Gasteiger charge is 2.39. The highest BCUT2D eigenvalue weighted by Crippen LogP contribution is 2.25. The van der Waals surface area contributed by atoms with Crippen molar-refractivity contribution in [3.05, 3.63) is 54.1 Å². The molecule has 0 aliphatic carbocycles. The van der Waals surface area contributed by atoms with Crippen molar-refractivity contribution >= 4 is 51.6 Å². The van der Waals surface area contributed by atoms with E-state index in [1.807, 2.05) is 0 Å². The van der Waals surface area contributed by atoms with Crippen LogP contribution in [0.1, 0.15) is 220 Å². The van der Waals surface area contributed by atoms with E-state index in [9.17, 15) is 24.0 Å². The molecule has 0 radical (unpaired) electrons. The largest absolute Gasteiger partial charge is 0.465 e. The predicted molar refractivity (Wildman–Crippen MR) is 308 cm³/mol. The predicted octanol–water partition coefficient (Wildman–Crippen LogP) is 15.3. The molecule has 1 amide bonds. The summed E-state index contributed by atoms with van der Waals surface area (Å²) in [6, 6.07) is 6.57. The maximum Gasteiger partial charge on any atom is 0.407 e. The molecule has 0 aromatic heterocycles. The minimum absolute atomic E-state index is 0.0419. The van der Waals surface area contributed by atoms with Crippen molar-refractivity contribution in [2.45, 2.75) is 221 Å². The Labute approximate surface area is 457 Å². The van der Waals surface area contributed by atoms with E-state index in [4.69, 9.17) is 23.7 Å². The molecule has 0 aliphatic heterocycles. The van der Waals surface area contributed by atoms with Crippen molar-refractivity contribution in [1.29, 1.82) is 0 Å². The molecule has 0 saturated heterocycles. The molecule has 0 bridgehead atoms. The molecule has 0 spiro atoms. The number of alkyl carbamates (subject to hydrolysis) is 1. The summed E-state index contributed by atoms with van der Waals surface area (Å²) in [5.74, 6) is -0.434. The second-order valence-corrected chi connectivity index (χ2v) is 22.4. The topological polar surface area (TPSA) is 147 Å². The van der Waals surface area contributed by atoms with Crippen LogP contribution in [0.15, 0.2) is 48.6 Å². The van der Waals surface area contributed by atoms with Crippen molar-refractivity contribution in [2.75, 3.05) is 64.1 Å². The van der Waals surface area contributed by atoms with Gasteiger partial charge in [0.25, 0.3) is 0 Å². The van der Waals surface area contributed by atoms with Crippen LogP contribution in [0.5, 0.6) is 5.75 Å². The Kier molecular flexibility index (Phi) is 45.5. The highest BCUT2D eigenvalue weighted by atomic mass is 33.1. The van der Waals surface area contributed by atoms with E-state index in [0.717, 1.165) is 83.8 Å². The number of ether oxygens (including phenoxy) is 5. The van der Waals surface area contributed by atoms with Crippen molar-refractivity contribution in [3.63, 3.8) is 0 Å². The van der Waals surface area contributed by atoms with E-state index in [1.54, 1.807) is 42.0 Å². The minimum atomic E-state index is -1.44. The summed E-state index contributed by atoms with van der Waals surface area (Å²) in [5, 5.41) is 2.76. The number of nitrogens with one attached hydrogen (secondary N) is 1. The van der Waals surface area contributed by atoms with Crippen LogP contribution in [0, 0.1) is 5.41 Å². The van der Waals surface area contributed by atoms with E-state index in [0.29, 0.717) is 36.5 Å². The smallest absolute Gasteiger partial charge is 0.407 e. The highest BCUT2D eigenvalue weighted by molar-refractivity contribution is 8.76. The van der Waals surface area contributed by atoms with Crippen molar-refractivity contribution < 1.29 is 47.7 Å².